The van der Waals surface area contributed by atoms with Gasteiger partial charge in [0.05, 0.1) is 16.6 Å². The lowest BCUT2D eigenvalue weighted by Gasteiger charge is -2.02. The molecule has 3 heterocycles. The summed E-state index contributed by atoms with van der Waals surface area (Å²) >= 11 is 8.63. The molecule has 21 heavy (non-hydrogen) atoms. The van der Waals surface area contributed by atoms with E-state index in [1.165, 1.54) is 22.7 Å². The van der Waals surface area contributed by atoms with Crippen LogP contribution in [0, 0.1) is 6.92 Å². The van der Waals surface area contributed by atoms with Crippen molar-refractivity contribution in [2.24, 2.45) is 0 Å². The van der Waals surface area contributed by atoms with Crippen LogP contribution in [0.4, 0.5) is 5.69 Å². The summed E-state index contributed by atoms with van der Waals surface area (Å²) in [5.41, 5.74) is 7.63. The number of halogens is 1. The Morgan fingerprint density at radius 2 is 2.19 bits per heavy atom. The van der Waals surface area contributed by atoms with Crippen molar-refractivity contribution in [1.82, 2.24) is 10.3 Å². The van der Waals surface area contributed by atoms with Crippen LogP contribution < -0.4 is 11.1 Å². The number of amides is 1. The third-order valence-corrected chi connectivity index (χ3v) is 5.44. The van der Waals surface area contributed by atoms with E-state index in [1.807, 2.05) is 25.1 Å². The number of aryl methyl sites for hydroxylation is 1. The van der Waals surface area contributed by atoms with Gasteiger partial charge in [-0.15, -0.1) is 22.7 Å². The Morgan fingerprint density at radius 3 is 2.86 bits per heavy atom. The van der Waals surface area contributed by atoms with Crippen LogP contribution in [0.1, 0.15) is 20.1 Å². The van der Waals surface area contributed by atoms with Gasteiger partial charge in [0, 0.05) is 16.5 Å². The van der Waals surface area contributed by atoms with Gasteiger partial charge >= 0.3 is 0 Å². The summed E-state index contributed by atoms with van der Waals surface area (Å²) < 4.78 is 0.709. The number of nitrogens with one attached hydrogen (secondary N) is 1. The molecule has 3 rings (SSSR count). The van der Waals surface area contributed by atoms with Crippen molar-refractivity contribution >= 4 is 56.1 Å². The van der Waals surface area contributed by atoms with Gasteiger partial charge in [-0.1, -0.05) is 11.6 Å². The minimum atomic E-state index is -0.181. The number of thiophene rings is 2. The monoisotopic (exact) mass is 337 g/mol. The van der Waals surface area contributed by atoms with Gasteiger partial charge in [-0.05, 0) is 30.7 Å². The van der Waals surface area contributed by atoms with E-state index in [0.717, 1.165) is 20.7 Å². The predicted molar refractivity (Wildman–Crippen MR) is 89.3 cm³/mol. The third-order valence-electron chi connectivity index (χ3n) is 3.10. The number of carbonyl (C=O) groups excluding carboxylic acids is 1. The smallest absolute Gasteiger partial charge is 0.263 e. The van der Waals surface area contributed by atoms with Crippen LogP contribution in [0.3, 0.4) is 0 Å². The van der Waals surface area contributed by atoms with E-state index >= 15 is 0 Å². The number of rotatable bonds is 3. The summed E-state index contributed by atoms with van der Waals surface area (Å²) in [6, 6.07) is 5.60. The molecule has 0 aromatic carbocycles. The zero-order valence-corrected chi connectivity index (χ0v) is 13.5. The van der Waals surface area contributed by atoms with Gasteiger partial charge in [0.15, 0.2) is 0 Å². The molecule has 7 heteroatoms. The first-order valence-corrected chi connectivity index (χ1v) is 8.23. The fourth-order valence-electron chi connectivity index (χ4n) is 2.07. The molecule has 0 aliphatic carbocycles. The van der Waals surface area contributed by atoms with Crippen LogP contribution >= 0.6 is 34.3 Å². The summed E-state index contributed by atoms with van der Waals surface area (Å²) in [4.78, 5) is 18.9. The highest BCUT2D eigenvalue weighted by atomic mass is 35.5. The maximum atomic E-state index is 12.3. The Bertz CT molecular complexity index is 825. The molecule has 0 spiro atoms. The summed E-state index contributed by atoms with van der Waals surface area (Å²) in [5.74, 6) is -0.181. The molecule has 0 fully saturated rings. The summed E-state index contributed by atoms with van der Waals surface area (Å²) in [5, 5.41) is 3.73. The maximum Gasteiger partial charge on any atom is 0.263 e. The standard InChI is InChI=1S/C14H12ClN3OS2/c1-7-4-5-17-14-10(7)11(16)12(21-14)13(19)18-6-8-2-3-9(15)20-8/h2-5H,6,16H2,1H3,(H,18,19). The van der Waals surface area contributed by atoms with Crippen molar-refractivity contribution in [1.29, 1.82) is 0 Å². The van der Waals surface area contributed by atoms with Crippen molar-refractivity contribution in [2.45, 2.75) is 13.5 Å². The van der Waals surface area contributed by atoms with Crippen LogP contribution in [-0.2, 0) is 6.54 Å². The van der Waals surface area contributed by atoms with E-state index in [9.17, 15) is 4.79 Å². The molecule has 0 unspecified atom stereocenters. The average molecular weight is 338 g/mol. The van der Waals surface area contributed by atoms with Gasteiger partial charge in [0.2, 0.25) is 0 Å². The normalized spacial score (nSPS) is 11.0. The van der Waals surface area contributed by atoms with E-state index in [-0.39, 0.29) is 5.91 Å². The number of carbonyl (C=O) groups is 1. The van der Waals surface area contributed by atoms with Crippen LogP contribution in [0.15, 0.2) is 24.4 Å². The Kier molecular flexibility index (Phi) is 3.84. The molecule has 0 saturated heterocycles. The highest BCUT2D eigenvalue weighted by Crippen LogP contribution is 2.34. The fraction of sp³-hybridized carbons (Fsp3) is 0.143. The number of anilines is 1. The zero-order chi connectivity index (χ0) is 15.0. The molecule has 0 saturated carbocycles. The van der Waals surface area contributed by atoms with E-state index < -0.39 is 0 Å². The lowest BCUT2D eigenvalue weighted by atomic mass is 10.2. The third kappa shape index (κ3) is 2.74. The number of hydrogen-bond donors (Lipinski definition) is 2. The highest BCUT2D eigenvalue weighted by molar-refractivity contribution is 7.21. The van der Waals surface area contributed by atoms with Crippen molar-refractivity contribution in [3.8, 4) is 0 Å². The molecule has 3 aromatic rings. The first-order chi connectivity index (χ1) is 10.1. The van der Waals surface area contributed by atoms with Crippen LogP contribution in [0.5, 0.6) is 0 Å². The van der Waals surface area contributed by atoms with Gasteiger partial charge in [-0.2, -0.15) is 0 Å². The Hall–Kier alpha value is -1.63. The van der Waals surface area contributed by atoms with E-state index in [1.54, 1.807) is 6.20 Å². The molecule has 3 N–H and O–H groups in total. The van der Waals surface area contributed by atoms with E-state index in [0.29, 0.717) is 21.4 Å². The van der Waals surface area contributed by atoms with Gasteiger partial charge in [-0.25, -0.2) is 4.98 Å². The SMILES string of the molecule is Cc1ccnc2sc(C(=O)NCc3ccc(Cl)s3)c(N)c12. The second-order valence-corrected chi connectivity index (χ2v) is 7.34. The van der Waals surface area contributed by atoms with E-state index in [2.05, 4.69) is 10.3 Å². The number of nitrogen functional groups attached to an aromatic ring is 1. The second-order valence-electron chi connectivity index (χ2n) is 4.54. The first-order valence-electron chi connectivity index (χ1n) is 6.22. The largest absolute Gasteiger partial charge is 0.397 e. The molecule has 1 amide bonds. The molecule has 0 aliphatic heterocycles. The van der Waals surface area contributed by atoms with Crippen molar-refractivity contribution < 1.29 is 4.79 Å². The van der Waals surface area contributed by atoms with Crippen molar-refractivity contribution in [2.75, 3.05) is 5.73 Å². The van der Waals surface area contributed by atoms with Gasteiger partial charge in [0.25, 0.3) is 5.91 Å². The lowest BCUT2D eigenvalue weighted by molar-refractivity contribution is 0.0956. The van der Waals surface area contributed by atoms with E-state index in [4.69, 9.17) is 17.3 Å². The van der Waals surface area contributed by atoms with Gasteiger partial charge in [-0.3, -0.25) is 4.79 Å². The fourth-order valence-corrected chi connectivity index (χ4v) is 4.15. The minimum absolute atomic E-state index is 0.181. The first kappa shape index (κ1) is 14.3. The molecule has 0 bridgehead atoms. The molecule has 4 nitrogen and oxygen atoms in total. The molecule has 108 valence electrons. The number of hydrogen-bond acceptors (Lipinski definition) is 5. The molecule has 0 aliphatic rings. The molecular weight excluding hydrogens is 326 g/mol. The number of fused-ring (bicyclic) bond motifs is 1. The quantitative estimate of drug-likeness (QED) is 0.763. The number of nitrogens with zero attached hydrogens (tertiary/aromatic N) is 1. The summed E-state index contributed by atoms with van der Waals surface area (Å²) in [6.07, 6.45) is 1.73. The van der Waals surface area contributed by atoms with Crippen molar-refractivity contribution in [3.05, 3.63) is 44.1 Å². The van der Waals surface area contributed by atoms with Crippen LogP contribution in [0.25, 0.3) is 10.2 Å². The Balaban J connectivity index is 1.84. The molecular formula is C14H12ClN3OS2. The average Bonchev–Trinajstić information content (AvgIpc) is 3.01. The number of pyridine rings is 1. The Labute approximate surface area is 134 Å². The topological polar surface area (TPSA) is 68.0 Å². The predicted octanol–water partition coefficient (Wildman–Crippen LogP) is 3.83. The van der Waals surface area contributed by atoms with Crippen LogP contribution in [-0.4, -0.2) is 10.9 Å². The van der Waals surface area contributed by atoms with Gasteiger partial charge in [0.1, 0.15) is 9.71 Å². The second kappa shape index (κ2) is 5.63. The minimum Gasteiger partial charge on any atom is -0.397 e. The summed E-state index contributed by atoms with van der Waals surface area (Å²) in [7, 11) is 0. The summed E-state index contributed by atoms with van der Waals surface area (Å²) in [6.45, 7) is 2.40. The maximum absolute atomic E-state index is 12.3. The molecule has 0 atom stereocenters. The number of aromatic nitrogens is 1. The van der Waals surface area contributed by atoms with Crippen LogP contribution in [0.2, 0.25) is 4.34 Å². The lowest BCUT2D eigenvalue weighted by Crippen LogP contribution is -2.22. The zero-order valence-electron chi connectivity index (χ0n) is 11.1. The highest BCUT2D eigenvalue weighted by Gasteiger charge is 2.18. The molecule has 0 radical (unpaired) electrons. The number of nitrogens with two attached hydrogens (primary N) is 1. The molecule has 3 aromatic heterocycles. The van der Waals surface area contributed by atoms with Gasteiger partial charge < -0.3 is 11.1 Å². The Morgan fingerprint density at radius 1 is 1.38 bits per heavy atom. The van der Waals surface area contributed by atoms with Crippen molar-refractivity contribution in [3.63, 3.8) is 0 Å².